The Hall–Kier alpha value is -2.76. The third kappa shape index (κ3) is 3.83. The smallest absolute Gasteiger partial charge is 0.290 e. The molecule has 0 aliphatic heterocycles. The summed E-state index contributed by atoms with van der Waals surface area (Å²) in [7, 11) is 0. The molecule has 4 nitrogen and oxygen atoms in total. The summed E-state index contributed by atoms with van der Waals surface area (Å²) in [6.07, 6.45) is 1.52. The summed E-state index contributed by atoms with van der Waals surface area (Å²) in [6, 6.07) is 11.5. The lowest BCUT2D eigenvalue weighted by Gasteiger charge is -2.22. The number of rotatable bonds is 5. The van der Waals surface area contributed by atoms with Gasteiger partial charge in [-0.15, -0.1) is 0 Å². The molecule has 0 aliphatic carbocycles. The number of carbonyl (C=O) groups is 1. The van der Waals surface area contributed by atoms with Crippen LogP contribution in [0, 0.1) is 19.7 Å². The van der Waals surface area contributed by atoms with Gasteiger partial charge in [0.2, 0.25) is 0 Å². The molecule has 0 atom stereocenters. The average Bonchev–Trinajstić information content (AvgIpc) is 3.32. The Balaban J connectivity index is 1.76. The van der Waals surface area contributed by atoms with E-state index in [1.807, 2.05) is 6.92 Å². The van der Waals surface area contributed by atoms with E-state index in [4.69, 9.17) is 32.0 Å². The van der Waals surface area contributed by atoms with Crippen molar-refractivity contribution in [2.75, 3.05) is 0 Å². The van der Waals surface area contributed by atoms with Gasteiger partial charge in [0.25, 0.3) is 5.91 Å². The van der Waals surface area contributed by atoms with Gasteiger partial charge < -0.3 is 13.7 Å². The summed E-state index contributed by atoms with van der Waals surface area (Å²) in [5.41, 5.74) is 2.31. The lowest BCUT2D eigenvalue weighted by atomic mass is 10.1. The molecule has 7 heteroatoms. The monoisotopic (exact) mass is 445 g/mol. The molecule has 2 aromatic heterocycles. The van der Waals surface area contributed by atoms with Crippen molar-refractivity contribution in [3.63, 3.8) is 0 Å². The number of nitrogens with zero attached hydrogens (tertiary/aromatic N) is 1. The molecule has 4 rings (SSSR count). The molecule has 30 heavy (non-hydrogen) atoms. The number of aryl methyl sites for hydroxylation is 2. The van der Waals surface area contributed by atoms with Crippen LogP contribution in [0.25, 0.3) is 11.0 Å². The van der Waals surface area contributed by atoms with E-state index < -0.39 is 11.7 Å². The minimum atomic E-state index is -0.483. The molecule has 0 N–H and O–H groups in total. The maximum atomic E-state index is 14.4. The molecule has 0 spiro atoms. The zero-order chi connectivity index (χ0) is 21.4. The normalized spacial score (nSPS) is 11.2. The van der Waals surface area contributed by atoms with Crippen molar-refractivity contribution in [2.45, 2.75) is 26.9 Å². The molecule has 0 radical (unpaired) electrons. The number of hydrogen-bond donors (Lipinski definition) is 0. The minimum absolute atomic E-state index is 0.0404. The van der Waals surface area contributed by atoms with E-state index in [0.717, 1.165) is 10.9 Å². The quantitative estimate of drug-likeness (QED) is 0.334. The van der Waals surface area contributed by atoms with Gasteiger partial charge >= 0.3 is 0 Å². The second kappa shape index (κ2) is 8.17. The SMILES string of the molecule is Cc1cc2oc(C(=O)N(Cc3ccco3)Cc3c(F)cccc3Cl)c(C)c2cc1Cl. The van der Waals surface area contributed by atoms with Crippen LogP contribution in [-0.4, -0.2) is 10.8 Å². The number of halogens is 3. The number of amides is 1. The van der Waals surface area contributed by atoms with Crippen molar-refractivity contribution in [1.82, 2.24) is 4.90 Å². The number of furan rings is 2. The predicted octanol–water partition coefficient (Wildman–Crippen LogP) is 6.93. The van der Waals surface area contributed by atoms with Crippen LogP contribution in [0.1, 0.15) is 33.0 Å². The van der Waals surface area contributed by atoms with E-state index in [1.165, 1.54) is 23.3 Å². The molecule has 2 aromatic carbocycles. The number of benzene rings is 2. The van der Waals surface area contributed by atoms with Gasteiger partial charge in [0.05, 0.1) is 19.4 Å². The van der Waals surface area contributed by atoms with Gasteiger partial charge in [-0.05, 0) is 55.8 Å². The lowest BCUT2D eigenvalue weighted by Crippen LogP contribution is -2.30. The van der Waals surface area contributed by atoms with Gasteiger partial charge in [-0.3, -0.25) is 4.79 Å². The van der Waals surface area contributed by atoms with Gasteiger partial charge in [-0.2, -0.15) is 0 Å². The Morgan fingerprint density at radius 3 is 2.57 bits per heavy atom. The minimum Gasteiger partial charge on any atom is -0.467 e. The van der Waals surface area contributed by atoms with Crippen LogP contribution in [0.15, 0.2) is 57.6 Å². The average molecular weight is 446 g/mol. The highest BCUT2D eigenvalue weighted by Crippen LogP contribution is 2.32. The molecule has 0 saturated heterocycles. The van der Waals surface area contributed by atoms with E-state index in [1.54, 1.807) is 37.3 Å². The van der Waals surface area contributed by atoms with Crippen LogP contribution in [0.4, 0.5) is 4.39 Å². The first-order chi connectivity index (χ1) is 14.3. The summed E-state index contributed by atoms with van der Waals surface area (Å²) >= 11 is 12.4. The Morgan fingerprint density at radius 2 is 1.87 bits per heavy atom. The van der Waals surface area contributed by atoms with Gasteiger partial charge in [-0.1, -0.05) is 29.3 Å². The third-order valence-corrected chi connectivity index (χ3v) is 5.80. The second-order valence-electron chi connectivity index (χ2n) is 7.09. The summed E-state index contributed by atoms with van der Waals surface area (Å²) in [5, 5.41) is 1.60. The first-order valence-corrected chi connectivity index (χ1v) is 10.0. The van der Waals surface area contributed by atoms with E-state index in [-0.39, 0.29) is 29.4 Å². The molecular formula is C23H18Cl2FNO3. The van der Waals surface area contributed by atoms with E-state index in [2.05, 4.69) is 0 Å². The second-order valence-corrected chi connectivity index (χ2v) is 7.91. The van der Waals surface area contributed by atoms with Crippen molar-refractivity contribution < 1.29 is 18.0 Å². The maximum absolute atomic E-state index is 14.4. The fourth-order valence-electron chi connectivity index (χ4n) is 3.35. The van der Waals surface area contributed by atoms with Crippen molar-refractivity contribution >= 4 is 40.1 Å². The maximum Gasteiger partial charge on any atom is 0.290 e. The van der Waals surface area contributed by atoms with Crippen LogP contribution in [0.3, 0.4) is 0 Å². The van der Waals surface area contributed by atoms with E-state index in [0.29, 0.717) is 21.9 Å². The molecule has 0 fully saturated rings. The van der Waals surface area contributed by atoms with Crippen molar-refractivity contribution in [2.24, 2.45) is 0 Å². The van der Waals surface area contributed by atoms with Gasteiger partial charge in [0, 0.05) is 26.6 Å². The third-order valence-electron chi connectivity index (χ3n) is 5.04. The number of hydrogen-bond acceptors (Lipinski definition) is 3. The van der Waals surface area contributed by atoms with Crippen LogP contribution in [0.5, 0.6) is 0 Å². The van der Waals surface area contributed by atoms with Crippen LogP contribution in [0.2, 0.25) is 10.0 Å². The lowest BCUT2D eigenvalue weighted by molar-refractivity contribution is 0.0685. The van der Waals surface area contributed by atoms with Gasteiger partial charge in [0.15, 0.2) is 5.76 Å². The molecule has 2 heterocycles. The molecule has 0 bridgehead atoms. The summed E-state index contributed by atoms with van der Waals surface area (Å²) in [6.45, 7) is 3.75. The first kappa shape index (κ1) is 20.5. The fourth-order valence-corrected chi connectivity index (χ4v) is 3.74. The molecule has 154 valence electrons. The first-order valence-electron chi connectivity index (χ1n) is 9.29. The molecular weight excluding hydrogens is 428 g/mol. The van der Waals surface area contributed by atoms with E-state index in [9.17, 15) is 9.18 Å². The Morgan fingerprint density at radius 1 is 1.07 bits per heavy atom. The molecule has 0 aliphatic rings. The zero-order valence-corrected chi connectivity index (χ0v) is 17.9. The van der Waals surface area contributed by atoms with Gasteiger partial charge in [-0.25, -0.2) is 4.39 Å². The Kier molecular flexibility index (Phi) is 5.58. The van der Waals surface area contributed by atoms with Gasteiger partial charge in [0.1, 0.15) is 17.2 Å². The molecule has 1 amide bonds. The predicted molar refractivity (Wildman–Crippen MR) is 114 cm³/mol. The van der Waals surface area contributed by atoms with Crippen molar-refractivity contribution in [3.05, 3.63) is 92.8 Å². The van der Waals surface area contributed by atoms with Crippen LogP contribution < -0.4 is 0 Å². The molecule has 4 aromatic rings. The molecule has 0 unspecified atom stereocenters. The summed E-state index contributed by atoms with van der Waals surface area (Å²) in [5.74, 6) is -0.147. The molecule has 0 saturated carbocycles. The van der Waals surface area contributed by atoms with Crippen molar-refractivity contribution in [1.29, 1.82) is 0 Å². The van der Waals surface area contributed by atoms with Crippen LogP contribution in [-0.2, 0) is 13.1 Å². The zero-order valence-electron chi connectivity index (χ0n) is 16.3. The van der Waals surface area contributed by atoms with E-state index >= 15 is 0 Å². The van der Waals surface area contributed by atoms with Crippen LogP contribution >= 0.6 is 23.2 Å². The topological polar surface area (TPSA) is 46.6 Å². The number of fused-ring (bicyclic) bond motifs is 1. The van der Waals surface area contributed by atoms with Crippen molar-refractivity contribution in [3.8, 4) is 0 Å². The standard InChI is InChI=1S/C23H18Cl2FNO3/c1-13-9-21-16(10-19(13)25)14(2)22(30-21)23(28)27(11-15-5-4-8-29-15)12-17-18(24)6-3-7-20(17)26/h3-10H,11-12H2,1-2H3. The fraction of sp³-hybridized carbons (Fsp3) is 0.174. The number of carbonyl (C=O) groups excluding carboxylic acids is 1. The summed E-state index contributed by atoms with van der Waals surface area (Å²) < 4.78 is 25.7. The largest absolute Gasteiger partial charge is 0.467 e. The Bertz CT molecular complexity index is 1210. The highest BCUT2D eigenvalue weighted by atomic mass is 35.5. The Labute approximate surface area is 182 Å². The summed E-state index contributed by atoms with van der Waals surface area (Å²) in [4.78, 5) is 14.9. The highest BCUT2D eigenvalue weighted by molar-refractivity contribution is 6.32. The highest BCUT2D eigenvalue weighted by Gasteiger charge is 2.26.